The zero-order chi connectivity index (χ0) is 24.1. The molecule has 2 amide bonds. The Morgan fingerprint density at radius 3 is 2.55 bits per heavy atom. The molecule has 1 aliphatic heterocycles. The van der Waals surface area contributed by atoms with Gasteiger partial charge in [0.25, 0.3) is 5.91 Å². The molecule has 1 aromatic heterocycles. The van der Waals surface area contributed by atoms with Crippen LogP contribution in [0.15, 0.2) is 18.2 Å². The Hall–Kier alpha value is -2.87. The minimum Gasteiger partial charge on any atom is -0.462 e. The fourth-order valence-electron chi connectivity index (χ4n) is 4.22. The van der Waals surface area contributed by atoms with E-state index in [-0.39, 0.29) is 30.5 Å². The third kappa shape index (κ3) is 5.38. The highest BCUT2D eigenvalue weighted by Crippen LogP contribution is 2.35. The number of aryl methyl sites for hydroxylation is 2. The molecule has 0 bridgehead atoms. The first-order valence-electron chi connectivity index (χ1n) is 11.5. The number of carbonyl (C=O) groups is 3. The maximum absolute atomic E-state index is 13.0. The van der Waals surface area contributed by atoms with Crippen molar-refractivity contribution in [2.45, 2.75) is 47.5 Å². The number of fused-ring (bicyclic) bond motifs is 1. The summed E-state index contributed by atoms with van der Waals surface area (Å²) in [4.78, 5) is 43.0. The zero-order valence-electron chi connectivity index (χ0n) is 20.1. The number of benzene rings is 1. The molecular weight excluding hydrogens is 438 g/mol. The number of thiophene rings is 1. The van der Waals surface area contributed by atoms with Crippen molar-refractivity contribution in [3.63, 3.8) is 0 Å². The summed E-state index contributed by atoms with van der Waals surface area (Å²) < 4.78 is 5.23. The van der Waals surface area contributed by atoms with E-state index in [9.17, 15) is 14.4 Å². The molecule has 0 saturated carbocycles. The van der Waals surface area contributed by atoms with E-state index in [1.807, 2.05) is 13.8 Å². The van der Waals surface area contributed by atoms with Gasteiger partial charge in [0.1, 0.15) is 5.00 Å². The highest BCUT2D eigenvalue weighted by Gasteiger charge is 2.29. The second-order valence-corrected chi connectivity index (χ2v) is 9.18. The van der Waals surface area contributed by atoms with Gasteiger partial charge in [-0.1, -0.05) is 17.7 Å². The lowest BCUT2D eigenvalue weighted by molar-refractivity contribution is -0.115. The van der Waals surface area contributed by atoms with Crippen LogP contribution in [0.4, 0.5) is 10.7 Å². The van der Waals surface area contributed by atoms with Gasteiger partial charge >= 0.3 is 5.97 Å². The number of rotatable bonds is 8. The molecule has 178 valence electrons. The maximum atomic E-state index is 13.0. The Labute approximate surface area is 199 Å². The van der Waals surface area contributed by atoms with Crippen molar-refractivity contribution in [1.82, 2.24) is 4.90 Å². The maximum Gasteiger partial charge on any atom is 0.341 e. The van der Waals surface area contributed by atoms with Crippen molar-refractivity contribution in [2.75, 3.05) is 43.0 Å². The molecule has 0 spiro atoms. The van der Waals surface area contributed by atoms with Gasteiger partial charge < -0.3 is 19.9 Å². The van der Waals surface area contributed by atoms with Crippen molar-refractivity contribution in [2.24, 2.45) is 0 Å². The molecule has 2 aromatic rings. The molecule has 0 unspecified atom stereocenters. The molecule has 0 atom stereocenters. The Morgan fingerprint density at radius 2 is 1.88 bits per heavy atom. The summed E-state index contributed by atoms with van der Waals surface area (Å²) in [7, 11) is 0. The summed E-state index contributed by atoms with van der Waals surface area (Å²) >= 11 is 1.14. The number of hydrogen-bond donors (Lipinski definition) is 1. The topological polar surface area (TPSA) is 79.0 Å². The van der Waals surface area contributed by atoms with Crippen LogP contribution in [0.1, 0.15) is 63.9 Å². The lowest BCUT2D eigenvalue weighted by Gasteiger charge is -2.31. The Kier molecular flexibility index (Phi) is 8.13. The smallest absolute Gasteiger partial charge is 0.341 e. The average molecular weight is 472 g/mol. The van der Waals surface area contributed by atoms with Crippen molar-refractivity contribution < 1.29 is 19.1 Å². The van der Waals surface area contributed by atoms with Gasteiger partial charge in [-0.05, 0) is 64.7 Å². The highest BCUT2D eigenvalue weighted by atomic mass is 32.1. The SMILES string of the molecule is CCOC(=O)c1c(NC(=O)CN2CCCc3cc(C)ccc32)sc(C(=O)N(CC)CC)c1C. The molecule has 3 rings (SSSR count). The van der Waals surface area contributed by atoms with E-state index < -0.39 is 5.97 Å². The summed E-state index contributed by atoms with van der Waals surface area (Å²) in [6.07, 6.45) is 1.99. The Bertz CT molecular complexity index is 1040. The molecule has 33 heavy (non-hydrogen) atoms. The third-order valence-corrected chi connectivity index (χ3v) is 7.10. The van der Waals surface area contributed by atoms with Crippen molar-refractivity contribution in [1.29, 1.82) is 0 Å². The molecule has 0 saturated heterocycles. The standard InChI is InChI=1S/C25H33N3O4S/c1-6-27(7-2)24(30)22-17(5)21(25(31)32-8-3)23(33-22)26-20(29)15-28-13-9-10-18-14-16(4)11-12-19(18)28/h11-12,14H,6-10,13,15H2,1-5H3,(H,26,29). The normalized spacial score (nSPS) is 12.8. The van der Waals surface area contributed by atoms with Gasteiger partial charge in [0, 0.05) is 25.3 Å². The van der Waals surface area contributed by atoms with Crippen LogP contribution in [0.5, 0.6) is 0 Å². The van der Waals surface area contributed by atoms with Gasteiger partial charge in [0.2, 0.25) is 5.91 Å². The first-order chi connectivity index (χ1) is 15.8. The average Bonchev–Trinajstić information content (AvgIpc) is 3.10. The number of nitrogens with zero attached hydrogens (tertiary/aromatic N) is 2. The lowest BCUT2D eigenvalue weighted by Crippen LogP contribution is -2.36. The van der Waals surface area contributed by atoms with E-state index >= 15 is 0 Å². The van der Waals surface area contributed by atoms with E-state index in [4.69, 9.17) is 4.74 Å². The van der Waals surface area contributed by atoms with Gasteiger partial charge in [0.05, 0.1) is 23.6 Å². The predicted octanol–water partition coefficient (Wildman–Crippen LogP) is 4.41. The van der Waals surface area contributed by atoms with Gasteiger partial charge in [-0.15, -0.1) is 11.3 Å². The largest absolute Gasteiger partial charge is 0.462 e. The minimum absolute atomic E-state index is 0.145. The molecule has 8 heteroatoms. The molecule has 0 aliphatic carbocycles. The second-order valence-electron chi connectivity index (χ2n) is 8.16. The number of amides is 2. The van der Waals surface area contributed by atoms with Crippen molar-refractivity contribution >= 4 is 39.8 Å². The highest BCUT2D eigenvalue weighted by molar-refractivity contribution is 7.18. The van der Waals surface area contributed by atoms with Crippen molar-refractivity contribution in [3.8, 4) is 0 Å². The summed E-state index contributed by atoms with van der Waals surface area (Å²) in [5, 5.41) is 3.26. The van der Waals surface area contributed by atoms with Crippen LogP contribution in [-0.2, 0) is 16.0 Å². The van der Waals surface area contributed by atoms with Crippen molar-refractivity contribution in [3.05, 3.63) is 45.3 Å². The molecule has 1 aromatic carbocycles. The van der Waals surface area contributed by atoms with Crippen LogP contribution >= 0.6 is 11.3 Å². The number of hydrogen-bond acceptors (Lipinski definition) is 6. The zero-order valence-corrected chi connectivity index (χ0v) is 20.9. The van der Waals surface area contributed by atoms with E-state index in [0.29, 0.717) is 28.5 Å². The summed E-state index contributed by atoms with van der Waals surface area (Å²) in [6.45, 7) is 11.7. The number of nitrogens with one attached hydrogen (secondary N) is 1. The van der Waals surface area contributed by atoms with Gasteiger partial charge in [-0.25, -0.2) is 4.79 Å². The number of esters is 1. The number of anilines is 2. The lowest BCUT2D eigenvalue weighted by atomic mass is 9.99. The molecular formula is C25H33N3O4S. The fraction of sp³-hybridized carbons (Fsp3) is 0.480. The quantitative estimate of drug-likeness (QED) is 0.577. The molecule has 7 nitrogen and oxygen atoms in total. The molecule has 0 fully saturated rings. The first kappa shape index (κ1) is 24.8. The van der Waals surface area contributed by atoms with Crippen LogP contribution < -0.4 is 10.2 Å². The van der Waals surface area contributed by atoms with Crippen LogP contribution in [0.3, 0.4) is 0 Å². The molecule has 1 aliphatic rings. The molecule has 1 N–H and O–H groups in total. The second kappa shape index (κ2) is 10.8. The van der Waals surface area contributed by atoms with E-state index in [1.54, 1.807) is 18.7 Å². The number of ether oxygens (including phenoxy) is 1. The van der Waals surface area contributed by atoms with Crippen LogP contribution in [0.2, 0.25) is 0 Å². The summed E-state index contributed by atoms with van der Waals surface area (Å²) in [5.74, 6) is -0.898. The fourth-order valence-corrected chi connectivity index (χ4v) is 5.40. The monoisotopic (exact) mass is 471 g/mol. The Balaban J connectivity index is 1.86. The van der Waals surface area contributed by atoms with E-state index in [1.165, 1.54) is 11.1 Å². The predicted molar refractivity (Wildman–Crippen MR) is 133 cm³/mol. The molecule has 0 radical (unpaired) electrons. The molecule has 2 heterocycles. The van der Waals surface area contributed by atoms with Gasteiger partial charge in [0.15, 0.2) is 0 Å². The van der Waals surface area contributed by atoms with Crippen LogP contribution in [0.25, 0.3) is 0 Å². The Morgan fingerprint density at radius 1 is 1.15 bits per heavy atom. The first-order valence-corrected chi connectivity index (χ1v) is 12.4. The van der Waals surface area contributed by atoms with Crippen LogP contribution in [0, 0.1) is 13.8 Å². The third-order valence-electron chi connectivity index (χ3n) is 5.91. The minimum atomic E-state index is -0.529. The summed E-state index contributed by atoms with van der Waals surface area (Å²) in [5.41, 5.74) is 4.34. The van der Waals surface area contributed by atoms with Crippen LogP contribution in [-0.4, -0.2) is 55.5 Å². The number of carbonyl (C=O) groups excluding carboxylic acids is 3. The van der Waals surface area contributed by atoms with E-state index in [2.05, 4.69) is 35.3 Å². The van der Waals surface area contributed by atoms with Gasteiger partial charge in [-0.2, -0.15) is 0 Å². The van der Waals surface area contributed by atoms with E-state index in [0.717, 1.165) is 36.4 Å². The van der Waals surface area contributed by atoms with Gasteiger partial charge in [-0.3, -0.25) is 9.59 Å². The summed E-state index contributed by atoms with van der Waals surface area (Å²) in [6, 6.07) is 6.30.